The molecule has 1 aliphatic rings. The van der Waals surface area contributed by atoms with E-state index in [0.29, 0.717) is 0 Å². The highest BCUT2D eigenvalue weighted by atomic mass is 16.5. The van der Waals surface area contributed by atoms with Gasteiger partial charge in [0.25, 0.3) is 0 Å². The number of esters is 1. The van der Waals surface area contributed by atoms with Gasteiger partial charge in [-0.1, -0.05) is 20.8 Å². The van der Waals surface area contributed by atoms with Crippen LogP contribution in [0, 0.1) is 5.41 Å². The van der Waals surface area contributed by atoms with E-state index in [4.69, 9.17) is 4.74 Å². The topological polar surface area (TPSA) is 26.3 Å². The highest BCUT2D eigenvalue weighted by Gasteiger charge is 2.28. The summed E-state index contributed by atoms with van der Waals surface area (Å²) in [6, 6.07) is 0. The third kappa shape index (κ3) is 1.38. The Morgan fingerprint density at radius 1 is 1.50 bits per heavy atom. The van der Waals surface area contributed by atoms with Gasteiger partial charge in [0.05, 0.1) is 0 Å². The number of carbonyl (C=O) groups is 1. The average molecular weight is 140 g/mol. The summed E-state index contributed by atoms with van der Waals surface area (Å²) in [5.41, 5.74) is 0.0304. The lowest BCUT2D eigenvalue weighted by Crippen LogP contribution is -2.25. The maximum atomic E-state index is 10.6. The summed E-state index contributed by atoms with van der Waals surface area (Å²) in [5, 5.41) is 0. The van der Waals surface area contributed by atoms with Gasteiger partial charge < -0.3 is 4.74 Å². The van der Waals surface area contributed by atoms with Crippen LogP contribution in [0.15, 0.2) is 12.2 Å². The van der Waals surface area contributed by atoms with Crippen LogP contribution in [0.4, 0.5) is 0 Å². The summed E-state index contributed by atoms with van der Waals surface area (Å²) in [6.45, 7) is 6.13. The molecule has 0 radical (unpaired) electrons. The lowest BCUT2D eigenvalue weighted by atomic mass is 9.89. The molecule has 0 aromatic heterocycles. The van der Waals surface area contributed by atoms with E-state index in [-0.39, 0.29) is 17.5 Å². The van der Waals surface area contributed by atoms with Crippen molar-refractivity contribution in [2.45, 2.75) is 26.9 Å². The largest absolute Gasteiger partial charge is 0.454 e. The lowest BCUT2D eigenvalue weighted by molar-refractivity contribution is -0.142. The Hall–Kier alpha value is -0.790. The van der Waals surface area contributed by atoms with E-state index in [2.05, 4.69) is 0 Å². The number of rotatable bonds is 0. The van der Waals surface area contributed by atoms with Gasteiger partial charge >= 0.3 is 5.97 Å². The first-order valence-electron chi connectivity index (χ1n) is 3.39. The van der Waals surface area contributed by atoms with E-state index >= 15 is 0 Å². The van der Waals surface area contributed by atoms with Crippen LogP contribution < -0.4 is 0 Å². The molecular formula is C8H12O2. The molecule has 0 amide bonds. The van der Waals surface area contributed by atoms with E-state index in [0.717, 1.165) is 0 Å². The number of ether oxygens (including phenoxy) is 1. The highest BCUT2D eigenvalue weighted by molar-refractivity contribution is 5.84. The fourth-order valence-corrected chi connectivity index (χ4v) is 0.835. The van der Waals surface area contributed by atoms with Crippen LogP contribution in [-0.2, 0) is 9.53 Å². The van der Waals surface area contributed by atoms with Crippen molar-refractivity contribution in [1.82, 2.24) is 0 Å². The average Bonchev–Trinajstić information content (AvgIpc) is 2.11. The van der Waals surface area contributed by atoms with E-state index in [1.807, 2.05) is 26.8 Å². The number of hydrogen-bond donors (Lipinski definition) is 0. The molecule has 1 unspecified atom stereocenters. The van der Waals surface area contributed by atoms with Crippen LogP contribution in [0.25, 0.3) is 0 Å². The van der Waals surface area contributed by atoms with Crippen LogP contribution >= 0.6 is 0 Å². The zero-order valence-electron chi connectivity index (χ0n) is 6.55. The minimum absolute atomic E-state index is 0.0304. The molecule has 2 heteroatoms. The first kappa shape index (κ1) is 7.32. The molecule has 1 atom stereocenters. The molecule has 0 spiro atoms. The second kappa shape index (κ2) is 2.11. The molecule has 56 valence electrons. The van der Waals surface area contributed by atoms with Crippen LogP contribution in [-0.4, -0.2) is 12.1 Å². The van der Waals surface area contributed by atoms with Crippen molar-refractivity contribution in [3.8, 4) is 0 Å². The van der Waals surface area contributed by atoms with Gasteiger partial charge in [-0.15, -0.1) is 0 Å². The SMILES string of the molecule is CC(C)(C)C1C=CC(=O)O1. The van der Waals surface area contributed by atoms with Crippen molar-refractivity contribution in [1.29, 1.82) is 0 Å². The zero-order valence-corrected chi connectivity index (χ0v) is 6.55. The Morgan fingerprint density at radius 3 is 2.30 bits per heavy atom. The van der Waals surface area contributed by atoms with Crippen molar-refractivity contribution >= 4 is 5.97 Å². The maximum Gasteiger partial charge on any atom is 0.331 e. The molecular weight excluding hydrogens is 128 g/mol. The van der Waals surface area contributed by atoms with Gasteiger partial charge in [0.15, 0.2) is 0 Å². The van der Waals surface area contributed by atoms with Crippen molar-refractivity contribution in [3.05, 3.63) is 12.2 Å². The molecule has 10 heavy (non-hydrogen) atoms. The van der Waals surface area contributed by atoms with Crippen molar-refractivity contribution in [2.75, 3.05) is 0 Å². The molecule has 0 N–H and O–H groups in total. The second-order valence-corrected chi connectivity index (χ2v) is 3.58. The van der Waals surface area contributed by atoms with Gasteiger partial charge in [-0.2, -0.15) is 0 Å². The molecule has 1 rings (SSSR count). The van der Waals surface area contributed by atoms with Crippen molar-refractivity contribution in [3.63, 3.8) is 0 Å². The molecule has 1 heterocycles. The van der Waals surface area contributed by atoms with Crippen LogP contribution in [0.2, 0.25) is 0 Å². The summed E-state index contributed by atoms with van der Waals surface area (Å²) in [5.74, 6) is -0.222. The Morgan fingerprint density at radius 2 is 2.10 bits per heavy atom. The first-order chi connectivity index (χ1) is 4.50. The van der Waals surface area contributed by atoms with Crippen molar-refractivity contribution < 1.29 is 9.53 Å². The van der Waals surface area contributed by atoms with Crippen LogP contribution in [0.1, 0.15) is 20.8 Å². The standard InChI is InChI=1S/C8H12O2/c1-8(2,3)6-4-5-7(9)10-6/h4-6H,1-3H3. The Kier molecular flexibility index (Phi) is 1.55. The highest BCUT2D eigenvalue weighted by Crippen LogP contribution is 2.26. The van der Waals surface area contributed by atoms with Gasteiger partial charge in [0, 0.05) is 11.5 Å². The molecule has 0 saturated heterocycles. The Balaban J connectivity index is 2.63. The van der Waals surface area contributed by atoms with E-state index in [1.54, 1.807) is 0 Å². The number of cyclic esters (lactones) is 1. The van der Waals surface area contributed by atoms with Gasteiger partial charge in [-0.3, -0.25) is 0 Å². The molecule has 0 fully saturated rings. The number of carbonyl (C=O) groups excluding carboxylic acids is 1. The summed E-state index contributed by atoms with van der Waals surface area (Å²) < 4.78 is 4.98. The van der Waals surface area contributed by atoms with E-state index < -0.39 is 0 Å². The monoisotopic (exact) mass is 140 g/mol. The minimum atomic E-state index is -0.222. The normalized spacial score (nSPS) is 25.1. The molecule has 0 bridgehead atoms. The van der Waals surface area contributed by atoms with Gasteiger partial charge in [-0.05, 0) is 6.08 Å². The molecule has 2 nitrogen and oxygen atoms in total. The molecule has 1 aliphatic heterocycles. The molecule has 0 saturated carbocycles. The van der Waals surface area contributed by atoms with E-state index in [9.17, 15) is 4.79 Å². The van der Waals surface area contributed by atoms with Crippen LogP contribution in [0.5, 0.6) is 0 Å². The Labute approximate surface area is 60.9 Å². The van der Waals surface area contributed by atoms with Gasteiger partial charge in [0.2, 0.25) is 0 Å². The van der Waals surface area contributed by atoms with Gasteiger partial charge in [-0.25, -0.2) is 4.79 Å². The summed E-state index contributed by atoms with van der Waals surface area (Å²) in [6.07, 6.45) is 3.25. The minimum Gasteiger partial charge on any atom is -0.454 e. The fourth-order valence-electron chi connectivity index (χ4n) is 0.835. The molecule has 0 aliphatic carbocycles. The van der Waals surface area contributed by atoms with Gasteiger partial charge in [0.1, 0.15) is 6.10 Å². The van der Waals surface area contributed by atoms with Crippen LogP contribution in [0.3, 0.4) is 0 Å². The predicted octanol–water partition coefficient (Wildman–Crippen LogP) is 1.51. The second-order valence-electron chi connectivity index (χ2n) is 3.58. The Bertz CT molecular complexity index is 174. The summed E-state index contributed by atoms with van der Waals surface area (Å²) in [4.78, 5) is 10.6. The smallest absolute Gasteiger partial charge is 0.331 e. The summed E-state index contributed by atoms with van der Waals surface area (Å²) >= 11 is 0. The molecule has 0 aromatic carbocycles. The van der Waals surface area contributed by atoms with Crippen molar-refractivity contribution in [2.24, 2.45) is 5.41 Å². The fraction of sp³-hybridized carbons (Fsp3) is 0.625. The van der Waals surface area contributed by atoms with E-state index in [1.165, 1.54) is 6.08 Å². The quantitative estimate of drug-likeness (QED) is 0.477. The number of hydrogen-bond acceptors (Lipinski definition) is 2. The predicted molar refractivity (Wildman–Crippen MR) is 38.5 cm³/mol. The zero-order chi connectivity index (χ0) is 7.78. The first-order valence-corrected chi connectivity index (χ1v) is 3.39. The summed E-state index contributed by atoms with van der Waals surface area (Å²) in [7, 11) is 0. The third-order valence-electron chi connectivity index (χ3n) is 1.50. The maximum absolute atomic E-state index is 10.6. The molecule has 0 aromatic rings. The third-order valence-corrected chi connectivity index (χ3v) is 1.50. The lowest BCUT2D eigenvalue weighted by Gasteiger charge is -2.23.